The summed E-state index contributed by atoms with van der Waals surface area (Å²) in [4.78, 5) is 12.0. The molecule has 0 amide bonds. The summed E-state index contributed by atoms with van der Waals surface area (Å²) in [5, 5.41) is 6.99. The van der Waals surface area contributed by atoms with E-state index in [1.807, 2.05) is 0 Å². The van der Waals surface area contributed by atoms with E-state index in [1.165, 1.54) is 0 Å². The molecule has 4 unspecified atom stereocenters. The fourth-order valence-electron chi connectivity index (χ4n) is 3.37. The summed E-state index contributed by atoms with van der Waals surface area (Å²) in [6, 6.07) is 0. The lowest BCUT2D eigenvalue weighted by molar-refractivity contribution is -0.166. The Hall–Kier alpha value is -1.14. The van der Waals surface area contributed by atoms with E-state index in [1.54, 1.807) is 6.92 Å². The average Bonchev–Trinajstić information content (AvgIpc) is 2.36. The molecule has 2 aliphatic carbocycles. The molecule has 0 aromatic rings. The van der Waals surface area contributed by atoms with E-state index in [0.717, 1.165) is 0 Å². The topological polar surface area (TPSA) is 50.2 Å². The van der Waals surface area contributed by atoms with Gasteiger partial charge in [-0.2, -0.15) is 0 Å². The molecule has 22 heavy (non-hydrogen) atoms. The van der Waals surface area contributed by atoms with Gasteiger partial charge in [-0.1, -0.05) is 6.92 Å². The standard InChI is InChI=1S/C15H21F4NO2/c1-7-2-12(18)14(13(19)3-7)15(21)22-8-4-10(16)9(6-20)11(17)5-8/h6-14,20H,2-5H2,1H3. The SMILES string of the molecule is CC1CC(F)C(C(=O)OC2CC(F)C(C=N)C(F)C2)C(F)C1. The Morgan fingerprint density at radius 2 is 1.50 bits per heavy atom. The summed E-state index contributed by atoms with van der Waals surface area (Å²) in [7, 11) is 0. The zero-order chi connectivity index (χ0) is 16.4. The summed E-state index contributed by atoms with van der Waals surface area (Å²) >= 11 is 0. The van der Waals surface area contributed by atoms with Crippen molar-refractivity contribution in [1.29, 1.82) is 5.41 Å². The van der Waals surface area contributed by atoms with Crippen LogP contribution in [0.15, 0.2) is 0 Å². The molecule has 0 radical (unpaired) electrons. The molecule has 0 saturated heterocycles. The third-order valence-corrected chi connectivity index (χ3v) is 4.59. The number of ether oxygens (including phenoxy) is 1. The van der Waals surface area contributed by atoms with Crippen molar-refractivity contribution in [2.24, 2.45) is 17.8 Å². The van der Waals surface area contributed by atoms with Gasteiger partial charge in [-0.05, 0) is 18.8 Å². The summed E-state index contributed by atoms with van der Waals surface area (Å²) in [6.07, 6.45) is -7.18. The highest BCUT2D eigenvalue weighted by molar-refractivity contribution is 5.74. The second-order valence-corrected chi connectivity index (χ2v) is 6.44. The molecule has 7 heteroatoms. The summed E-state index contributed by atoms with van der Waals surface area (Å²) < 4.78 is 60.2. The Labute approximate surface area is 126 Å². The molecular weight excluding hydrogens is 302 g/mol. The second-order valence-electron chi connectivity index (χ2n) is 6.44. The van der Waals surface area contributed by atoms with Crippen molar-refractivity contribution in [1.82, 2.24) is 0 Å². The maximum absolute atomic E-state index is 13.9. The Morgan fingerprint density at radius 1 is 1.00 bits per heavy atom. The van der Waals surface area contributed by atoms with Crippen molar-refractivity contribution in [3.05, 3.63) is 0 Å². The molecule has 0 aromatic heterocycles. The molecule has 2 fully saturated rings. The van der Waals surface area contributed by atoms with Gasteiger partial charge in [0, 0.05) is 19.1 Å². The van der Waals surface area contributed by atoms with Crippen LogP contribution < -0.4 is 0 Å². The first-order valence-corrected chi connectivity index (χ1v) is 7.60. The number of nitrogens with one attached hydrogen (secondary N) is 1. The molecule has 3 nitrogen and oxygen atoms in total. The smallest absolute Gasteiger partial charge is 0.315 e. The van der Waals surface area contributed by atoms with E-state index in [2.05, 4.69) is 0 Å². The highest BCUT2D eigenvalue weighted by Crippen LogP contribution is 2.36. The van der Waals surface area contributed by atoms with Gasteiger partial charge in [0.15, 0.2) is 0 Å². The molecular formula is C15H21F4NO2. The average molecular weight is 323 g/mol. The molecule has 0 spiro atoms. The first kappa shape index (κ1) is 17.2. The third kappa shape index (κ3) is 3.60. The zero-order valence-corrected chi connectivity index (χ0v) is 12.4. The number of halogens is 4. The van der Waals surface area contributed by atoms with Crippen LogP contribution in [0.25, 0.3) is 0 Å². The highest BCUT2D eigenvalue weighted by atomic mass is 19.2. The molecule has 4 atom stereocenters. The van der Waals surface area contributed by atoms with Crippen molar-refractivity contribution in [3.8, 4) is 0 Å². The Bertz CT molecular complexity index is 398. The first-order valence-electron chi connectivity index (χ1n) is 7.60. The number of alkyl halides is 4. The zero-order valence-electron chi connectivity index (χ0n) is 12.4. The van der Waals surface area contributed by atoms with E-state index in [4.69, 9.17) is 10.1 Å². The highest BCUT2D eigenvalue weighted by Gasteiger charge is 2.45. The van der Waals surface area contributed by atoms with Crippen LogP contribution in [0.4, 0.5) is 17.6 Å². The van der Waals surface area contributed by atoms with Gasteiger partial charge in [0.1, 0.15) is 36.7 Å². The van der Waals surface area contributed by atoms with Crippen molar-refractivity contribution in [3.63, 3.8) is 0 Å². The van der Waals surface area contributed by atoms with Crippen LogP contribution in [0.3, 0.4) is 0 Å². The van der Waals surface area contributed by atoms with Crippen molar-refractivity contribution in [2.45, 2.75) is 63.4 Å². The maximum atomic E-state index is 13.9. The molecule has 2 rings (SSSR count). The van der Waals surface area contributed by atoms with E-state index < -0.39 is 48.6 Å². The van der Waals surface area contributed by atoms with Crippen LogP contribution >= 0.6 is 0 Å². The van der Waals surface area contributed by atoms with Crippen molar-refractivity contribution in [2.75, 3.05) is 0 Å². The summed E-state index contributed by atoms with van der Waals surface area (Å²) in [5.41, 5.74) is 0. The van der Waals surface area contributed by atoms with E-state index in [9.17, 15) is 22.4 Å². The lowest BCUT2D eigenvalue weighted by Crippen LogP contribution is -2.45. The lowest BCUT2D eigenvalue weighted by Gasteiger charge is -2.35. The summed E-state index contributed by atoms with van der Waals surface area (Å²) in [5.74, 6) is -3.85. The number of hydrogen-bond donors (Lipinski definition) is 1. The Kier molecular flexibility index (Phi) is 5.45. The van der Waals surface area contributed by atoms with E-state index in [-0.39, 0.29) is 31.6 Å². The fourth-order valence-corrected chi connectivity index (χ4v) is 3.37. The number of esters is 1. The maximum Gasteiger partial charge on any atom is 0.315 e. The van der Waals surface area contributed by atoms with Gasteiger partial charge < -0.3 is 10.1 Å². The number of carbonyl (C=O) groups is 1. The van der Waals surface area contributed by atoms with Crippen LogP contribution in [0.5, 0.6) is 0 Å². The number of hydrogen-bond acceptors (Lipinski definition) is 3. The van der Waals surface area contributed by atoms with Crippen LogP contribution in [-0.2, 0) is 9.53 Å². The van der Waals surface area contributed by atoms with Gasteiger partial charge in [-0.15, -0.1) is 0 Å². The van der Waals surface area contributed by atoms with Gasteiger partial charge in [0.05, 0.1) is 5.92 Å². The molecule has 2 saturated carbocycles. The van der Waals surface area contributed by atoms with Gasteiger partial charge in [-0.25, -0.2) is 17.6 Å². The molecule has 0 bridgehead atoms. The second kappa shape index (κ2) is 6.96. The van der Waals surface area contributed by atoms with Crippen LogP contribution in [0, 0.1) is 23.2 Å². The Balaban J connectivity index is 1.96. The number of rotatable bonds is 3. The van der Waals surface area contributed by atoms with Gasteiger partial charge >= 0.3 is 5.97 Å². The van der Waals surface area contributed by atoms with Gasteiger partial charge in [0.25, 0.3) is 0 Å². The van der Waals surface area contributed by atoms with Crippen LogP contribution in [0.1, 0.15) is 32.6 Å². The monoisotopic (exact) mass is 323 g/mol. The lowest BCUT2D eigenvalue weighted by atomic mass is 9.80. The van der Waals surface area contributed by atoms with Crippen LogP contribution in [0.2, 0.25) is 0 Å². The van der Waals surface area contributed by atoms with E-state index in [0.29, 0.717) is 6.21 Å². The molecule has 0 aliphatic heterocycles. The van der Waals surface area contributed by atoms with Crippen molar-refractivity contribution >= 4 is 12.2 Å². The molecule has 0 aromatic carbocycles. The molecule has 0 heterocycles. The predicted molar refractivity (Wildman–Crippen MR) is 72.9 cm³/mol. The Morgan fingerprint density at radius 3 is 1.95 bits per heavy atom. The summed E-state index contributed by atoms with van der Waals surface area (Å²) in [6.45, 7) is 1.71. The van der Waals surface area contributed by atoms with Gasteiger partial charge in [0.2, 0.25) is 0 Å². The normalized spacial score (nSPS) is 46.0. The minimum absolute atomic E-state index is 0.0816. The van der Waals surface area contributed by atoms with Gasteiger partial charge in [-0.3, -0.25) is 4.79 Å². The third-order valence-electron chi connectivity index (χ3n) is 4.59. The molecule has 1 N–H and O–H groups in total. The van der Waals surface area contributed by atoms with Crippen LogP contribution in [-0.4, -0.2) is 43.0 Å². The molecule has 126 valence electrons. The fraction of sp³-hybridized carbons (Fsp3) is 0.867. The largest absolute Gasteiger partial charge is 0.462 e. The van der Waals surface area contributed by atoms with E-state index >= 15 is 0 Å². The quantitative estimate of drug-likeness (QED) is 0.492. The minimum atomic E-state index is -1.63. The molecule has 2 aliphatic rings. The predicted octanol–water partition coefficient (Wildman–Crippen LogP) is 3.36. The van der Waals surface area contributed by atoms with Crippen molar-refractivity contribution < 1.29 is 27.1 Å². The first-order chi connectivity index (χ1) is 10.3. The number of carbonyl (C=O) groups excluding carboxylic acids is 1. The minimum Gasteiger partial charge on any atom is -0.462 e.